The molecule has 2 amide bonds. The van der Waals surface area contributed by atoms with Gasteiger partial charge in [0.15, 0.2) is 0 Å². The van der Waals surface area contributed by atoms with Gasteiger partial charge in [-0.3, -0.25) is 13.9 Å². The molecule has 0 aliphatic heterocycles. The number of carbonyl (C=O) groups excluding carboxylic acids is 2. The van der Waals surface area contributed by atoms with E-state index in [4.69, 9.17) is 27.9 Å². The standard InChI is InChI=1S/C28H37Cl2N3O5S/c1-20(28(35)31-23-10-5-4-6-11-23)32(19-21-15-16-22(29)18-24(21)30)27(34)14-9-17-33(39(3,36)37)25-12-7-8-13-26(25)38-2/h7-8,12-13,15-16,18,20,23H,4-6,9-11,14,17,19H2,1-3H3,(H,31,35). The van der Waals surface area contributed by atoms with Crippen LogP contribution in [0.15, 0.2) is 42.5 Å². The number of halogens is 2. The highest BCUT2D eigenvalue weighted by Gasteiger charge is 2.29. The Hall–Kier alpha value is -2.49. The summed E-state index contributed by atoms with van der Waals surface area (Å²) in [5.41, 5.74) is 1.07. The van der Waals surface area contributed by atoms with Gasteiger partial charge in [0, 0.05) is 35.6 Å². The number of amides is 2. The monoisotopic (exact) mass is 597 g/mol. The van der Waals surface area contributed by atoms with Crippen molar-refractivity contribution in [1.29, 1.82) is 0 Å². The summed E-state index contributed by atoms with van der Waals surface area (Å²) in [5.74, 6) is -0.0748. The Morgan fingerprint density at radius 1 is 1.10 bits per heavy atom. The van der Waals surface area contributed by atoms with Crippen molar-refractivity contribution < 1.29 is 22.7 Å². The fourth-order valence-electron chi connectivity index (χ4n) is 4.80. The molecular formula is C28H37Cl2N3O5S. The van der Waals surface area contributed by atoms with Crippen LogP contribution in [0.5, 0.6) is 5.75 Å². The summed E-state index contributed by atoms with van der Waals surface area (Å²) in [6.07, 6.45) is 6.57. The van der Waals surface area contributed by atoms with Crippen LogP contribution in [0, 0.1) is 0 Å². The van der Waals surface area contributed by atoms with Crippen LogP contribution >= 0.6 is 23.2 Å². The molecule has 1 aliphatic rings. The number of ether oxygens (including phenoxy) is 1. The average Bonchev–Trinajstić information content (AvgIpc) is 2.90. The molecule has 0 spiro atoms. The van der Waals surface area contributed by atoms with Crippen LogP contribution in [0.25, 0.3) is 0 Å². The van der Waals surface area contributed by atoms with Crippen molar-refractivity contribution in [2.24, 2.45) is 0 Å². The van der Waals surface area contributed by atoms with Crippen LogP contribution in [0.4, 0.5) is 5.69 Å². The minimum atomic E-state index is -3.64. The van der Waals surface area contributed by atoms with Gasteiger partial charge in [-0.25, -0.2) is 8.42 Å². The van der Waals surface area contributed by atoms with E-state index in [9.17, 15) is 18.0 Å². The largest absolute Gasteiger partial charge is 0.495 e. The molecular weight excluding hydrogens is 561 g/mol. The molecule has 39 heavy (non-hydrogen) atoms. The zero-order valence-corrected chi connectivity index (χ0v) is 25.0. The van der Waals surface area contributed by atoms with Gasteiger partial charge in [-0.15, -0.1) is 0 Å². The number of nitrogens with one attached hydrogen (secondary N) is 1. The summed E-state index contributed by atoms with van der Waals surface area (Å²) in [4.78, 5) is 28.2. The highest BCUT2D eigenvalue weighted by atomic mass is 35.5. The highest BCUT2D eigenvalue weighted by molar-refractivity contribution is 7.92. The maximum absolute atomic E-state index is 13.5. The van der Waals surface area contributed by atoms with Gasteiger partial charge in [0.25, 0.3) is 0 Å². The molecule has 2 aromatic rings. The maximum Gasteiger partial charge on any atom is 0.242 e. The fourth-order valence-corrected chi connectivity index (χ4v) is 6.24. The first kappa shape index (κ1) is 31.0. The van der Waals surface area contributed by atoms with Crippen molar-refractivity contribution in [3.63, 3.8) is 0 Å². The van der Waals surface area contributed by atoms with Crippen molar-refractivity contribution in [2.45, 2.75) is 70.5 Å². The van der Waals surface area contributed by atoms with Gasteiger partial charge in [-0.1, -0.05) is 60.7 Å². The first-order valence-electron chi connectivity index (χ1n) is 13.2. The quantitative estimate of drug-likeness (QED) is 0.352. The van der Waals surface area contributed by atoms with Gasteiger partial charge in [-0.2, -0.15) is 0 Å². The molecule has 0 aromatic heterocycles. The topological polar surface area (TPSA) is 96.0 Å². The van der Waals surface area contributed by atoms with E-state index in [1.165, 1.54) is 22.7 Å². The Morgan fingerprint density at radius 3 is 2.44 bits per heavy atom. The van der Waals surface area contributed by atoms with E-state index in [-0.39, 0.29) is 43.8 Å². The molecule has 0 radical (unpaired) electrons. The van der Waals surface area contributed by atoms with Crippen LogP contribution in [0.2, 0.25) is 10.0 Å². The lowest BCUT2D eigenvalue weighted by Gasteiger charge is -2.32. The predicted octanol–water partition coefficient (Wildman–Crippen LogP) is 5.41. The lowest BCUT2D eigenvalue weighted by Crippen LogP contribution is -2.50. The van der Waals surface area contributed by atoms with Crippen LogP contribution in [0.1, 0.15) is 57.4 Å². The first-order chi connectivity index (χ1) is 18.5. The first-order valence-corrected chi connectivity index (χ1v) is 15.8. The Balaban J connectivity index is 1.76. The van der Waals surface area contributed by atoms with Crippen molar-refractivity contribution in [3.8, 4) is 5.75 Å². The van der Waals surface area contributed by atoms with Crippen molar-refractivity contribution in [2.75, 3.05) is 24.2 Å². The van der Waals surface area contributed by atoms with E-state index in [0.717, 1.165) is 31.9 Å². The third-order valence-electron chi connectivity index (χ3n) is 6.98. The van der Waals surface area contributed by atoms with E-state index in [1.54, 1.807) is 49.4 Å². The average molecular weight is 599 g/mol. The number of rotatable bonds is 12. The van der Waals surface area contributed by atoms with Gasteiger partial charge in [0.2, 0.25) is 21.8 Å². The van der Waals surface area contributed by atoms with Gasteiger partial charge < -0.3 is 15.0 Å². The number of nitrogens with zero attached hydrogens (tertiary/aromatic N) is 2. The van der Waals surface area contributed by atoms with E-state index >= 15 is 0 Å². The molecule has 1 unspecified atom stereocenters. The minimum Gasteiger partial charge on any atom is -0.495 e. The number of anilines is 1. The van der Waals surface area contributed by atoms with Crippen molar-refractivity contribution in [3.05, 3.63) is 58.1 Å². The van der Waals surface area contributed by atoms with Gasteiger partial charge in [-0.05, 0) is 56.0 Å². The molecule has 1 fully saturated rings. The summed E-state index contributed by atoms with van der Waals surface area (Å²) < 4.78 is 31.8. The SMILES string of the molecule is COc1ccccc1N(CCCC(=O)N(Cc1ccc(Cl)cc1Cl)C(C)C(=O)NC1CCCCC1)S(C)(=O)=O. The number of carbonyl (C=O) groups is 2. The fraction of sp³-hybridized carbons (Fsp3) is 0.500. The zero-order chi connectivity index (χ0) is 28.6. The molecule has 0 saturated heterocycles. The Labute approximate surface area is 241 Å². The van der Waals surface area contributed by atoms with E-state index in [1.807, 2.05) is 0 Å². The second kappa shape index (κ2) is 14.2. The number of para-hydroxylation sites is 2. The predicted molar refractivity (Wildman–Crippen MR) is 156 cm³/mol. The van der Waals surface area contributed by atoms with E-state index in [0.29, 0.717) is 27.0 Å². The van der Waals surface area contributed by atoms with Crippen molar-refractivity contribution >= 4 is 50.7 Å². The number of sulfonamides is 1. The van der Waals surface area contributed by atoms with Crippen LogP contribution in [0.3, 0.4) is 0 Å². The second-order valence-electron chi connectivity index (χ2n) is 9.89. The summed E-state index contributed by atoms with van der Waals surface area (Å²) in [7, 11) is -2.16. The summed E-state index contributed by atoms with van der Waals surface area (Å²) in [6.45, 7) is 1.90. The highest BCUT2D eigenvalue weighted by Crippen LogP contribution is 2.30. The smallest absolute Gasteiger partial charge is 0.242 e. The second-order valence-corrected chi connectivity index (χ2v) is 12.6. The molecule has 1 aliphatic carbocycles. The number of benzene rings is 2. The van der Waals surface area contributed by atoms with E-state index in [2.05, 4.69) is 5.32 Å². The van der Waals surface area contributed by atoms with Gasteiger partial charge >= 0.3 is 0 Å². The molecule has 0 bridgehead atoms. The normalized spacial score (nSPS) is 14.9. The zero-order valence-electron chi connectivity index (χ0n) is 22.7. The van der Waals surface area contributed by atoms with Crippen molar-refractivity contribution in [1.82, 2.24) is 10.2 Å². The molecule has 2 aromatic carbocycles. The third-order valence-corrected chi connectivity index (χ3v) is 8.75. The summed E-state index contributed by atoms with van der Waals surface area (Å²) >= 11 is 12.5. The van der Waals surface area contributed by atoms with Gasteiger partial charge in [0.1, 0.15) is 11.8 Å². The van der Waals surface area contributed by atoms with Crippen LogP contribution < -0.4 is 14.4 Å². The Morgan fingerprint density at radius 2 is 1.79 bits per heavy atom. The molecule has 8 nitrogen and oxygen atoms in total. The third kappa shape index (κ3) is 8.75. The summed E-state index contributed by atoms with van der Waals surface area (Å²) in [5, 5.41) is 3.98. The molecule has 214 valence electrons. The molecule has 11 heteroatoms. The lowest BCUT2D eigenvalue weighted by molar-refractivity contribution is -0.141. The molecule has 1 atom stereocenters. The Kier molecular flexibility index (Phi) is 11.3. The van der Waals surface area contributed by atoms with Crippen LogP contribution in [-0.4, -0.2) is 57.1 Å². The number of hydrogen-bond donors (Lipinski definition) is 1. The lowest BCUT2D eigenvalue weighted by atomic mass is 9.95. The van der Waals surface area contributed by atoms with E-state index < -0.39 is 16.1 Å². The molecule has 0 heterocycles. The molecule has 1 saturated carbocycles. The number of hydrogen-bond acceptors (Lipinski definition) is 5. The molecule has 3 rings (SSSR count). The summed E-state index contributed by atoms with van der Waals surface area (Å²) in [6, 6.07) is 11.2. The Bertz CT molecular complexity index is 1250. The number of methoxy groups -OCH3 is 1. The molecule has 1 N–H and O–H groups in total. The maximum atomic E-state index is 13.5. The minimum absolute atomic E-state index is 0.0351. The van der Waals surface area contributed by atoms with Gasteiger partial charge in [0.05, 0.1) is 19.1 Å². The van der Waals surface area contributed by atoms with Crippen LogP contribution in [-0.2, 0) is 26.2 Å².